The molecule has 0 fully saturated rings. The first-order chi connectivity index (χ1) is 7.20. The second-order valence-corrected chi connectivity index (χ2v) is 4.66. The smallest absolute Gasteiger partial charge is 0.133 e. The Morgan fingerprint density at radius 3 is 2.93 bits per heavy atom. The monoisotopic (exact) mass is 241 g/mol. The van der Waals surface area contributed by atoms with E-state index < -0.39 is 0 Å². The first-order valence-corrected chi connectivity index (χ1v) is 5.80. The van der Waals surface area contributed by atoms with Crippen molar-refractivity contribution in [1.29, 1.82) is 0 Å². The minimum atomic E-state index is -0.281. The molecule has 4 heteroatoms. The largest absolute Gasteiger partial charge is 0.244 e. The molecule has 0 amide bonds. The number of thiazole rings is 1. The van der Waals surface area contributed by atoms with Crippen LogP contribution in [0.1, 0.15) is 11.8 Å². The van der Waals surface area contributed by atoms with E-state index in [9.17, 15) is 4.39 Å². The summed E-state index contributed by atoms with van der Waals surface area (Å²) in [5, 5.41) is 1.21. The summed E-state index contributed by atoms with van der Waals surface area (Å²) in [6.07, 6.45) is 2.69. The summed E-state index contributed by atoms with van der Waals surface area (Å²) < 4.78 is 13.5. The molecule has 0 bridgehead atoms. The van der Waals surface area contributed by atoms with Gasteiger partial charge in [-0.1, -0.05) is 18.5 Å². The van der Waals surface area contributed by atoms with Crippen molar-refractivity contribution in [2.75, 3.05) is 0 Å². The fraction of sp³-hybridized carbons (Fsp3) is 0.182. The number of aryl methyl sites for hydroxylation is 1. The highest BCUT2D eigenvalue weighted by Crippen LogP contribution is 2.29. The van der Waals surface area contributed by atoms with Crippen LogP contribution in [0.5, 0.6) is 0 Å². The molecule has 0 aliphatic heterocycles. The molecule has 0 radical (unpaired) electrons. The first-order valence-electron chi connectivity index (χ1n) is 4.61. The van der Waals surface area contributed by atoms with Crippen LogP contribution in [0.25, 0.3) is 10.6 Å². The number of benzene rings is 1. The number of halogens is 2. The highest BCUT2D eigenvalue weighted by atomic mass is 35.5. The SMILES string of the molecule is CCc1cnc(-c2cc(Cl)ccc2F)s1. The van der Waals surface area contributed by atoms with Gasteiger partial charge in [-0.15, -0.1) is 11.3 Å². The summed E-state index contributed by atoms with van der Waals surface area (Å²) in [7, 11) is 0. The van der Waals surface area contributed by atoms with Crippen LogP contribution in [0.15, 0.2) is 24.4 Å². The van der Waals surface area contributed by atoms with Gasteiger partial charge in [0.2, 0.25) is 0 Å². The summed E-state index contributed by atoms with van der Waals surface area (Å²) in [5.74, 6) is -0.281. The van der Waals surface area contributed by atoms with Crippen molar-refractivity contribution in [3.8, 4) is 10.6 Å². The zero-order valence-electron chi connectivity index (χ0n) is 8.13. The normalized spacial score (nSPS) is 10.6. The molecule has 0 saturated carbocycles. The molecule has 0 atom stereocenters. The molecule has 0 saturated heterocycles. The lowest BCUT2D eigenvalue weighted by Crippen LogP contribution is -1.82. The molecule has 2 aromatic rings. The van der Waals surface area contributed by atoms with Crippen LogP contribution in [0.2, 0.25) is 5.02 Å². The van der Waals surface area contributed by atoms with Crippen LogP contribution in [-0.4, -0.2) is 4.98 Å². The number of aromatic nitrogens is 1. The van der Waals surface area contributed by atoms with E-state index in [1.54, 1.807) is 12.3 Å². The zero-order valence-corrected chi connectivity index (χ0v) is 9.70. The molecule has 1 aromatic heterocycles. The maximum atomic E-state index is 13.5. The van der Waals surface area contributed by atoms with Gasteiger partial charge in [-0.25, -0.2) is 9.37 Å². The highest BCUT2D eigenvalue weighted by molar-refractivity contribution is 7.15. The second-order valence-electron chi connectivity index (χ2n) is 3.11. The topological polar surface area (TPSA) is 12.9 Å². The van der Waals surface area contributed by atoms with Crippen molar-refractivity contribution in [3.05, 3.63) is 40.1 Å². The molecule has 0 unspecified atom stereocenters. The predicted octanol–water partition coefficient (Wildman–Crippen LogP) is 4.17. The predicted molar refractivity (Wildman–Crippen MR) is 61.9 cm³/mol. The molecule has 1 nitrogen and oxygen atoms in total. The van der Waals surface area contributed by atoms with Gasteiger partial charge in [0.05, 0.1) is 0 Å². The van der Waals surface area contributed by atoms with E-state index in [4.69, 9.17) is 11.6 Å². The van der Waals surface area contributed by atoms with E-state index in [1.807, 2.05) is 6.92 Å². The quantitative estimate of drug-likeness (QED) is 0.769. The van der Waals surface area contributed by atoms with Gasteiger partial charge >= 0.3 is 0 Å². The van der Waals surface area contributed by atoms with Gasteiger partial charge < -0.3 is 0 Å². The zero-order chi connectivity index (χ0) is 10.8. The van der Waals surface area contributed by atoms with Gasteiger partial charge in [0.1, 0.15) is 10.8 Å². The summed E-state index contributed by atoms with van der Waals surface area (Å²) >= 11 is 7.32. The average Bonchev–Trinajstić information content (AvgIpc) is 2.70. The minimum absolute atomic E-state index is 0.281. The Kier molecular flexibility index (Phi) is 3.03. The minimum Gasteiger partial charge on any atom is -0.244 e. The standard InChI is InChI=1S/C11H9ClFNS/c1-2-8-6-14-11(15-8)9-5-7(12)3-4-10(9)13/h3-6H,2H2,1H3. The van der Waals surface area contributed by atoms with E-state index in [0.717, 1.165) is 11.3 Å². The number of hydrogen-bond acceptors (Lipinski definition) is 2. The van der Waals surface area contributed by atoms with Crippen molar-refractivity contribution in [2.24, 2.45) is 0 Å². The van der Waals surface area contributed by atoms with Crippen molar-refractivity contribution in [2.45, 2.75) is 13.3 Å². The maximum Gasteiger partial charge on any atom is 0.133 e. The van der Waals surface area contributed by atoms with Gasteiger partial charge in [0.15, 0.2) is 0 Å². The van der Waals surface area contributed by atoms with E-state index in [2.05, 4.69) is 4.98 Å². The average molecular weight is 242 g/mol. The van der Waals surface area contributed by atoms with Crippen LogP contribution >= 0.6 is 22.9 Å². The third kappa shape index (κ3) is 2.19. The lowest BCUT2D eigenvalue weighted by atomic mass is 10.2. The molecule has 15 heavy (non-hydrogen) atoms. The molecule has 0 spiro atoms. The summed E-state index contributed by atoms with van der Waals surface area (Å²) in [5.41, 5.74) is 0.479. The molecule has 0 aliphatic carbocycles. The molecule has 1 aromatic carbocycles. The number of nitrogens with zero attached hydrogens (tertiary/aromatic N) is 1. The highest BCUT2D eigenvalue weighted by Gasteiger charge is 2.09. The van der Waals surface area contributed by atoms with Crippen LogP contribution < -0.4 is 0 Å². The van der Waals surface area contributed by atoms with Gasteiger partial charge in [0, 0.05) is 21.7 Å². The van der Waals surface area contributed by atoms with Crippen LogP contribution in [0.3, 0.4) is 0 Å². The maximum absolute atomic E-state index is 13.5. The summed E-state index contributed by atoms with van der Waals surface area (Å²) in [6.45, 7) is 2.05. The lowest BCUT2D eigenvalue weighted by Gasteiger charge is -1.98. The van der Waals surface area contributed by atoms with Crippen molar-refractivity contribution in [1.82, 2.24) is 4.98 Å². The molecule has 78 valence electrons. The number of hydrogen-bond donors (Lipinski definition) is 0. The Bertz CT molecular complexity index is 481. The van der Waals surface area contributed by atoms with E-state index in [0.29, 0.717) is 15.6 Å². The van der Waals surface area contributed by atoms with Crippen LogP contribution in [-0.2, 0) is 6.42 Å². The Morgan fingerprint density at radius 1 is 1.47 bits per heavy atom. The van der Waals surface area contributed by atoms with Gasteiger partial charge in [-0.3, -0.25) is 0 Å². The van der Waals surface area contributed by atoms with Crippen molar-refractivity contribution >= 4 is 22.9 Å². The summed E-state index contributed by atoms with van der Waals surface area (Å²) in [6, 6.07) is 4.51. The molecule has 2 rings (SSSR count). The summed E-state index contributed by atoms with van der Waals surface area (Å²) in [4.78, 5) is 5.32. The molecular weight excluding hydrogens is 233 g/mol. The lowest BCUT2D eigenvalue weighted by molar-refractivity contribution is 0.631. The van der Waals surface area contributed by atoms with Crippen molar-refractivity contribution in [3.63, 3.8) is 0 Å². The fourth-order valence-corrected chi connectivity index (χ4v) is 2.30. The molecule has 1 heterocycles. The molecule has 0 aliphatic rings. The first kappa shape index (κ1) is 10.6. The third-order valence-corrected chi connectivity index (χ3v) is 3.47. The van der Waals surface area contributed by atoms with Crippen LogP contribution in [0, 0.1) is 5.82 Å². The Labute approximate surface area is 96.5 Å². The van der Waals surface area contributed by atoms with E-state index >= 15 is 0 Å². The fourth-order valence-electron chi connectivity index (χ4n) is 1.26. The van der Waals surface area contributed by atoms with Gasteiger partial charge in [0.25, 0.3) is 0 Å². The Morgan fingerprint density at radius 2 is 2.27 bits per heavy atom. The second kappa shape index (κ2) is 4.29. The number of rotatable bonds is 2. The van der Waals surface area contributed by atoms with Crippen molar-refractivity contribution < 1.29 is 4.39 Å². The van der Waals surface area contributed by atoms with E-state index in [1.165, 1.54) is 23.5 Å². The Balaban J connectivity index is 2.48. The molecular formula is C11H9ClFNS. The molecule has 0 N–H and O–H groups in total. The van der Waals surface area contributed by atoms with Gasteiger partial charge in [-0.05, 0) is 24.6 Å². The van der Waals surface area contributed by atoms with Gasteiger partial charge in [-0.2, -0.15) is 0 Å². The third-order valence-electron chi connectivity index (χ3n) is 2.06. The Hall–Kier alpha value is -0.930. The van der Waals surface area contributed by atoms with Crippen LogP contribution in [0.4, 0.5) is 4.39 Å². The van der Waals surface area contributed by atoms with E-state index in [-0.39, 0.29) is 5.82 Å².